The summed E-state index contributed by atoms with van der Waals surface area (Å²) in [5.74, 6) is -0.156. The molecule has 0 bridgehead atoms. The Morgan fingerprint density at radius 2 is 2.28 bits per heavy atom. The van der Waals surface area contributed by atoms with E-state index >= 15 is 0 Å². The number of benzene rings is 1. The normalized spacial score (nSPS) is 23.5. The standard InChI is InChI=1S/C14H20N2O2/c1-9(6-7-15)14(18)16-13-11-5-3-2-4-10(11)8-12(13)17/h2-5,9,12-13,17H,6-8,15H2,1H3,(H,16,18)/t9?,12-,13+/m0/s1. The maximum Gasteiger partial charge on any atom is 0.223 e. The van der Waals surface area contributed by atoms with Crippen LogP contribution in [-0.4, -0.2) is 23.7 Å². The highest BCUT2D eigenvalue weighted by Crippen LogP contribution is 2.31. The van der Waals surface area contributed by atoms with Crippen molar-refractivity contribution < 1.29 is 9.90 Å². The molecule has 1 aliphatic carbocycles. The van der Waals surface area contributed by atoms with Crippen LogP contribution in [0.5, 0.6) is 0 Å². The summed E-state index contributed by atoms with van der Waals surface area (Å²) in [5, 5.41) is 13.0. The second kappa shape index (κ2) is 5.50. The second-order valence-electron chi connectivity index (χ2n) is 4.93. The number of fused-ring (bicyclic) bond motifs is 1. The zero-order chi connectivity index (χ0) is 13.1. The van der Waals surface area contributed by atoms with Gasteiger partial charge in [0.1, 0.15) is 0 Å². The highest BCUT2D eigenvalue weighted by molar-refractivity contribution is 5.79. The molecule has 1 amide bonds. The number of hydrogen-bond acceptors (Lipinski definition) is 3. The van der Waals surface area contributed by atoms with Crippen LogP contribution in [0.4, 0.5) is 0 Å². The summed E-state index contributed by atoms with van der Waals surface area (Å²) in [7, 11) is 0. The summed E-state index contributed by atoms with van der Waals surface area (Å²) < 4.78 is 0. The van der Waals surface area contributed by atoms with Gasteiger partial charge in [-0.3, -0.25) is 4.79 Å². The predicted molar refractivity (Wildman–Crippen MR) is 69.9 cm³/mol. The average Bonchev–Trinajstić information content (AvgIpc) is 2.66. The number of aliphatic hydroxyl groups is 1. The molecule has 1 aromatic carbocycles. The van der Waals surface area contributed by atoms with E-state index in [0.29, 0.717) is 19.4 Å². The molecule has 4 heteroatoms. The molecule has 1 aliphatic rings. The molecule has 0 fully saturated rings. The number of nitrogens with two attached hydrogens (primary N) is 1. The lowest BCUT2D eigenvalue weighted by atomic mass is 10.0. The zero-order valence-electron chi connectivity index (χ0n) is 10.6. The van der Waals surface area contributed by atoms with Crippen molar-refractivity contribution in [3.05, 3.63) is 35.4 Å². The first kappa shape index (κ1) is 13.1. The average molecular weight is 248 g/mol. The van der Waals surface area contributed by atoms with Crippen LogP contribution >= 0.6 is 0 Å². The molecule has 1 unspecified atom stereocenters. The summed E-state index contributed by atoms with van der Waals surface area (Å²) in [4.78, 5) is 12.0. The molecule has 0 saturated heterocycles. The Morgan fingerprint density at radius 1 is 1.56 bits per heavy atom. The minimum absolute atomic E-state index is 0.0406. The van der Waals surface area contributed by atoms with Gasteiger partial charge in [0.2, 0.25) is 5.91 Å². The minimum atomic E-state index is -0.531. The van der Waals surface area contributed by atoms with Crippen molar-refractivity contribution in [1.29, 1.82) is 0 Å². The Kier molecular flexibility index (Phi) is 3.99. The third-order valence-corrected chi connectivity index (χ3v) is 3.55. The van der Waals surface area contributed by atoms with Gasteiger partial charge in [-0.2, -0.15) is 0 Å². The van der Waals surface area contributed by atoms with Gasteiger partial charge in [-0.15, -0.1) is 0 Å². The Bertz CT molecular complexity index is 434. The van der Waals surface area contributed by atoms with Crippen LogP contribution in [0.1, 0.15) is 30.5 Å². The molecule has 0 aliphatic heterocycles. The zero-order valence-corrected chi connectivity index (χ0v) is 10.6. The van der Waals surface area contributed by atoms with Gasteiger partial charge in [0.25, 0.3) is 0 Å². The lowest BCUT2D eigenvalue weighted by molar-refractivity contribution is -0.126. The molecule has 4 nitrogen and oxygen atoms in total. The van der Waals surface area contributed by atoms with Gasteiger partial charge in [0, 0.05) is 12.3 Å². The van der Waals surface area contributed by atoms with Gasteiger partial charge in [-0.1, -0.05) is 31.2 Å². The maximum atomic E-state index is 12.0. The van der Waals surface area contributed by atoms with E-state index in [1.807, 2.05) is 31.2 Å². The highest BCUT2D eigenvalue weighted by atomic mass is 16.3. The van der Waals surface area contributed by atoms with Crippen LogP contribution < -0.4 is 11.1 Å². The van der Waals surface area contributed by atoms with Gasteiger partial charge < -0.3 is 16.2 Å². The summed E-state index contributed by atoms with van der Waals surface area (Å²) >= 11 is 0. The van der Waals surface area contributed by atoms with E-state index in [2.05, 4.69) is 5.32 Å². The van der Waals surface area contributed by atoms with Crippen molar-refractivity contribution in [3.63, 3.8) is 0 Å². The van der Waals surface area contributed by atoms with E-state index in [-0.39, 0.29) is 17.9 Å². The van der Waals surface area contributed by atoms with Gasteiger partial charge in [-0.25, -0.2) is 0 Å². The molecule has 0 saturated carbocycles. The predicted octanol–water partition coefficient (Wildman–Crippen LogP) is 0.746. The van der Waals surface area contributed by atoms with Crippen molar-refractivity contribution in [2.45, 2.75) is 31.9 Å². The van der Waals surface area contributed by atoms with E-state index in [1.165, 1.54) is 0 Å². The third-order valence-electron chi connectivity index (χ3n) is 3.55. The SMILES string of the molecule is CC(CCN)C(=O)N[C@@H]1c2ccccc2C[C@@H]1O. The fourth-order valence-electron chi connectivity index (χ4n) is 2.42. The fraction of sp³-hybridized carbons (Fsp3) is 0.500. The first-order chi connectivity index (χ1) is 8.63. The van der Waals surface area contributed by atoms with Crippen LogP contribution in [0.25, 0.3) is 0 Å². The Balaban J connectivity index is 2.08. The smallest absolute Gasteiger partial charge is 0.223 e. The number of aliphatic hydroxyl groups excluding tert-OH is 1. The monoisotopic (exact) mass is 248 g/mol. The summed E-state index contributed by atoms with van der Waals surface area (Å²) in [6, 6.07) is 7.55. The molecule has 1 aromatic rings. The fourth-order valence-corrected chi connectivity index (χ4v) is 2.42. The van der Waals surface area contributed by atoms with Crippen molar-refractivity contribution in [1.82, 2.24) is 5.32 Å². The van der Waals surface area contributed by atoms with Gasteiger partial charge in [-0.05, 0) is 24.1 Å². The quantitative estimate of drug-likeness (QED) is 0.736. The molecule has 18 heavy (non-hydrogen) atoms. The van der Waals surface area contributed by atoms with E-state index < -0.39 is 6.10 Å². The second-order valence-corrected chi connectivity index (χ2v) is 4.93. The lowest BCUT2D eigenvalue weighted by Gasteiger charge is -2.20. The Hall–Kier alpha value is -1.39. The summed E-state index contributed by atoms with van der Waals surface area (Å²) in [6.45, 7) is 2.35. The third kappa shape index (κ3) is 2.54. The number of rotatable bonds is 4. The number of amides is 1. The molecule has 0 radical (unpaired) electrons. The Morgan fingerprint density at radius 3 is 3.00 bits per heavy atom. The van der Waals surface area contributed by atoms with Crippen LogP contribution in [-0.2, 0) is 11.2 Å². The number of carbonyl (C=O) groups excluding carboxylic acids is 1. The number of hydrogen-bond donors (Lipinski definition) is 3. The summed E-state index contributed by atoms with van der Waals surface area (Å²) in [5.41, 5.74) is 7.59. The first-order valence-corrected chi connectivity index (χ1v) is 6.39. The molecule has 0 spiro atoms. The van der Waals surface area contributed by atoms with Crippen molar-refractivity contribution >= 4 is 5.91 Å². The maximum absolute atomic E-state index is 12.0. The van der Waals surface area contributed by atoms with Crippen LogP contribution in [0, 0.1) is 5.92 Å². The molecule has 3 atom stereocenters. The van der Waals surface area contributed by atoms with Crippen LogP contribution in [0.2, 0.25) is 0 Å². The molecule has 4 N–H and O–H groups in total. The largest absolute Gasteiger partial charge is 0.390 e. The number of carbonyl (C=O) groups is 1. The summed E-state index contributed by atoms with van der Waals surface area (Å²) in [6.07, 6.45) is 0.735. The molecule has 0 aromatic heterocycles. The molecule has 2 rings (SSSR count). The first-order valence-electron chi connectivity index (χ1n) is 6.39. The molecular formula is C14H20N2O2. The van der Waals surface area contributed by atoms with Crippen LogP contribution in [0.15, 0.2) is 24.3 Å². The molecular weight excluding hydrogens is 228 g/mol. The van der Waals surface area contributed by atoms with Gasteiger partial charge in [0.15, 0.2) is 0 Å². The van der Waals surface area contributed by atoms with E-state index in [9.17, 15) is 9.90 Å². The molecule has 0 heterocycles. The number of nitrogens with one attached hydrogen (secondary N) is 1. The van der Waals surface area contributed by atoms with E-state index in [4.69, 9.17) is 5.73 Å². The van der Waals surface area contributed by atoms with E-state index in [0.717, 1.165) is 11.1 Å². The van der Waals surface area contributed by atoms with Crippen LogP contribution in [0.3, 0.4) is 0 Å². The Labute approximate surface area is 107 Å². The van der Waals surface area contributed by atoms with Gasteiger partial charge >= 0.3 is 0 Å². The van der Waals surface area contributed by atoms with E-state index in [1.54, 1.807) is 0 Å². The van der Waals surface area contributed by atoms with Crippen molar-refractivity contribution in [3.8, 4) is 0 Å². The lowest BCUT2D eigenvalue weighted by Crippen LogP contribution is -2.37. The van der Waals surface area contributed by atoms with Gasteiger partial charge in [0.05, 0.1) is 12.1 Å². The molecule has 98 valence electrons. The van der Waals surface area contributed by atoms with Crippen molar-refractivity contribution in [2.24, 2.45) is 11.7 Å². The highest BCUT2D eigenvalue weighted by Gasteiger charge is 2.32. The van der Waals surface area contributed by atoms with Crippen molar-refractivity contribution in [2.75, 3.05) is 6.54 Å². The topological polar surface area (TPSA) is 75.4 Å². The minimum Gasteiger partial charge on any atom is -0.390 e.